The monoisotopic (exact) mass is 463 g/mol. The van der Waals surface area contributed by atoms with Crippen molar-refractivity contribution >= 4 is 22.2 Å². The standard InChI is InChI=1S/C25H29N5O2S/c1-7-15(3)26-22(31)12-19-13-33-25-27-18(6)23(24(32)29(19)25)20-11-16(4)30(28-20)21-10-8-9-14(2)17(21)5/h8-11,13,15H,7,12H2,1-6H3,(H,26,31). The molecule has 0 bridgehead atoms. The third kappa shape index (κ3) is 4.23. The van der Waals surface area contributed by atoms with E-state index in [-0.39, 0.29) is 23.9 Å². The first kappa shape index (κ1) is 22.9. The zero-order valence-electron chi connectivity index (χ0n) is 19.9. The van der Waals surface area contributed by atoms with Crippen molar-refractivity contribution in [2.45, 2.75) is 60.4 Å². The van der Waals surface area contributed by atoms with Crippen LogP contribution in [0.4, 0.5) is 0 Å². The Balaban J connectivity index is 1.80. The van der Waals surface area contributed by atoms with Gasteiger partial charge in [-0.1, -0.05) is 19.1 Å². The third-order valence-corrected chi connectivity index (χ3v) is 7.00. The fourth-order valence-electron chi connectivity index (χ4n) is 3.92. The molecule has 0 aliphatic heterocycles. The molecule has 1 N–H and O–H groups in total. The molecule has 0 fully saturated rings. The predicted molar refractivity (Wildman–Crippen MR) is 132 cm³/mol. The van der Waals surface area contributed by atoms with Crippen LogP contribution in [0.25, 0.3) is 21.9 Å². The molecule has 0 saturated heterocycles. The molecule has 4 rings (SSSR count). The number of nitrogens with zero attached hydrogens (tertiary/aromatic N) is 4. The van der Waals surface area contributed by atoms with Gasteiger partial charge in [0, 0.05) is 22.8 Å². The van der Waals surface area contributed by atoms with Crippen molar-refractivity contribution in [2.75, 3.05) is 0 Å². The van der Waals surface area contributed by atoms with E-state index in [1.54, 1.807) is 4.40 Å². The molecule has 0 spiro atoms. The molecule has 7 nitrogen and oxygen atoms in total. The minimum Gasteiger partial charge on any atom is -0.353 e. The lowest BCUT2D eigenvalue weighted by atomic mass is 10.1. The molecule has 0 saturated carbocycles. The van der Waals surface area contributed by atoms with Crippen LogP contribution in [0.3, 0.4) is 0 Å². The first-order chi connectivity index (χ1) is 15.7. The maximum atomic E-state index is 13.6. The fourth-order valence-corrected chi connectivity index (χ4v) is 4.85. The second-order valence-corrected chi connectivity index (χ2v) is 9.41. The lowest BCUT2D eigenvalue weighted by molar-refractivity contribution is -0.121. The van der Waals surface area contributed by atoms with Gasteiger partial charge in [-0.05, 0) is 64.3 Å². The summed E-state index contributed by atoms with van der Waals surface area (Å²) in [7, 11) is 0. The van der Waals surface area contributed by atoms with Gasteiger partial charge in [0.2, 0.25) is 5.91 Å². The quantitative estimate of drug-likeness (QED) is 0.462. The highest BCUT2D eigenvalue weighted by atomic mass is 32.1. The van der Waals surface area contributed by atoms with E-state index >= 15 is 0 Å². The molecular formula is C25H29N5O2S. The molecule has 33 heavy (non-hydrogen) atoms. The Hall–Kier alpha value is -3.26. The maximum Gasteiger partial charge on any atom is 0.268 e. The molecule has 3 heterocycles. The van der Waals surface area contributed by atoms with E-state index < -0.39 is 0 Å². The van der Waals surface area contributed by atoms with Crippen molar-refractivity contribution in [2.24, 2.45) is 0 Å². The van der Waals surface area contributed by atoms with E-state index in [1.807, 2.05) is 56.0 Å². The van der Waals surface area contributed by atoms with Gasteiger partial charge in [0.1, 0.15) is 5.69 Å². The van der Waals surface area contributed by atoms with E-state index in [1.165, 1.54) is 16.9 Å². The summed E-state index contributed by atoms with van der Waals surface area (Å²) >= 11 is 1.37. The molecular weight excluding hydrogens is 434 g/mol. The van der Waals surface area contributed by atoms with Crippen LogP contribution in [0.5, 0.6) is 0 Å². The highest BCUT2D eigenvalue weighted by Crippen LogP contribution is 2.25. The third-order valence-electron chi connectivity index (χ3n) is 6.13. The maximum absolute atomic E-state index is 13.6. The summed E-state index contributed by atoms with van der Waals surface area (Å²) in [5.74, 6) is -0.104. The van der Waals surface area contributed by atoms with Crippen molar-refractivity contribution in [1.29, 1.82) is 0 Å². The van der Waals surface area contributed by atoms with Crippen LogP contribution in [-0.2, 0) is 11.2 Å². The van der Waals surface area contributed by atoms with E-state index in [2.05, 4.69) is 30.2 Å². The van der Waals surface area contributed by atoms with Crippen LogP contribution >= 0.6 is 11.3 Å². The molecule has 3 aromatic heterocycles. The van der Waals surface area contributed by atoms with Crippen LogP contribution in [-0.4, -0.2) is 31.1 Å². The number of nitrogens with one attached hydrogen (secondary N) is 1. The first-order valence-electron chi connectivity index (χ1n) is 11.1. The Morgan fingerprint density at radius 2 is 1.97 bits per heavy atom. The number of fused-ring (bicyclic) bond motifs is 1. The Morgan fingerprint density at radius 3 is 2.70 bits per heavy atom. The number of thiazole rings is 1. The smallest absolute Gasteiger partial charge is 0.268 e. The number of benzene rings is 1. The van der Waals surface area contributed by atoms with Crippen LogP contribution in [0, 0.1) is 27.7 Å². The van der Waals surface area contributed by atoms with Crippen LogP contribution in [0.1, 0.15) is 48.5 Å². The lowest BCUT2D eigenvalue weighted by Crippen LogP contribution is -2.34. The molecule has 4 aromatic rings. The van der Waals surface area contributed by atoms with Gasteiger partial charge in [-0.25, -0.2) is 9.67 Å². The average Bonchev–Trinajstić information content (AvgIpc) is 3.33. The van der Waals surface area contributed by atoms with Crippen LogP contribution in [0.15, 0.2) is 34.4 Å². The number of hydrogen-bond donors (Lipinski definition) is 1. The van der Waals surface area contributed by atoms with Gasteiger partial charge >= 0.3 is 0 Å². The summed E-state index contributed by atoms with van der Waals surface area (Å²) in [4.78, 5) is 31.3. The van der Waals surface area contributed by atoms with E-state index in [4.69, 9.17) is 5.10 Å². The van der Waals surface area contributed by atoms with Gasteiger partial charge in [-0.15, -0.1) is 11.3 Å². The zero-order valence-corrected chi connectivity index (χ0v) is 20.7. The summed E-state index contributed by atoms with van der Waals surface area (Å²) in [5.41, 5.74) is 6.36. The number of aromatic nitrogens is 4. The fraction of sp³-hybridized carbons (Fsp3) is 0.360. The SMILES string of the molecule is CCC(C)NC(=O)Cc1csc2nc(C)c(-c3cc(C)n(-c4cccc(C)c4C)n3)c(=O)n12. The summed E-state index contributed by atoms with van der Waals surface area (Å²) in [5, 5.41) is 9.59. The van der Waals surface area contributed by atoms with Crippen LogP contribution in [0.2, 0.25) is 0 Å². The molecule has 8 heteroatoms. The molecule has 1 unspecified atom stereocenters. The average molecular weight is 464 g/mol. The second kappa shape index (κ2) is 8.94. The number of rotatable bonds is 6. The zero-order chi connectivity index (χ0) is 23.9. The largest absolute Gasteiger partial charge is 0.353 e. The summed E-state index contributed by atoms with van der Waals surface area (Å²) in [6.45, 7) is 11.9. The van der Waals surface area contributed by atoms with Crippen molar-refractivity contribution in [3.63, 3.8) is 0 Å². The second-order valence-electron chi connectivity index (χ2n) is 8.58. The lowest BCUT2D eigenvalue weighted by Gasteiger charge is -2.11. The topological polar surface area (TPSA) is 81.3 Å². The minimum atomic E-state index is -0.198. The normalized spacial score (nSPS) is 12.3. The Morgan fingerprint density at radius 1 is 1.21 bits per heavy atom. The van der Waals surface area contributed by atoms with Crippen molar-refractivity contribution in [3.05, 3.63) is 68.2 Å². The molecule has 0 aliphatic rings. The molecule has 0 radical (unpaired) electrons. The number of amides is 1. The van der Waals surface area contributed by atoms with Gasteiger partial charge in [0.25, 0.3) is 5.56 Å². The van der Waals surface area contributed by atoms with E-state index in [0.29, 0.717) is 27.6 Å². The summed E-state index contributed by atoms with van der Waals surface area (Å²) in [6.07, 6.45) is 0.980. The molecule has 1 aromatic carbocycles. The highest BCUT2D eigenvalue weighted by Gasteiger charge is 2.20. The van der Waals surface area contributed by atoms with Crippen molar-refractivity contribution < 1.29 is 4.79 Å². The Bertz CT molecular complexity index is 1410. The van der Waals surface area contributed by atoms with E-state index in [9.17, 15) is 9.59 Å². The predicted octanol–water partition coefficient (Wildman–Crippen LogP) is 4.30. The number of carbonyl (C=O) groups excluding carboxylic acids is 1. The summed E-state index contributed by atoms with van der Waals surface area (Å²) in [6, 6.07) is 8.12. The molecule has 0 aliphatic carbocycles. The van der Waals surface area contributed by atoms with Gasteiger partial charge in [0.05, 0.1) is 23.4 Å². The molecule has 172 valence electrons. The molecule has 1 atom stereocenters. The number of aryl methyl sites for hydroxylation is 3. The Labute approximate surface area is 197 Å². The van der Waals surface area contributed by atoms with E-state index in [0.717, 1.165) is 23.4 Å². The molecule has 1 amide bonds. The van der Waals surface area contributed by atoms with Gasteiger partial charge in [-0.2, -0.15) is 5.10 Å². The first-order valence-corrected chi connectivity index (χ1v) is 12.0. The number of carbonyl (C=O) groups is 1. The highest BCUT2D eigenvalue weighted by molar-refractivity contribution is 7.15. The summed E-state index contributed by atoms with van der Waals surface area (Å²) < 4.78 is 3.43. The van der Waals surface area contributed by atoms with Crippen LogP contribution < -0.4 is 10.9 Å². The Kier molecular flexibility index (Phi) is 6.21. The van der Waals surface area contributed by atoms with Crippen molar-refractivity contribution in [3.8, 4) is 16.9 Å². The number of hydrogen-bond acceptors (Lipinski definition) is 5. The van der Waals surface area contributed by atoms with Gasteiger partial charge < -0.3 is 5.32 Å². The van der Waals surface area contributed by atoms with Gasteiger partial charge in [0.15, 0.2) is 4.96 Å². The minimum absolute atomic E-state index is 0.0899. The van der Waals surface area contributed by atoms with Crippen molar-refractivity contribution in [1.82, 2.24) is 24.5 Å². The van der Waals surface area contributed by atoms with Gasteiger partial charge in [-0.3, -0.25) is 14.0 Å².